The highest BCUT2D eigenvalue weighted by Crippen LogP contribution is 2.28. The van der Waals surface area contributed by atoms with E-state index in [1.54, 1.807) is 6.07 Å². The lowest BCUT2D eigenvalue weighted by Gasteiger charge is -2.09. The molecule has 2 heteroatoms. The molecule has 0 spiro atoms. The van der Waals surface area contributed by atoms with Gasteiger partial charge in [0, 0.05) is 5.39 Å². The third-order valence-corrected chi connectivity index (χ3v) is 2.28. The van der Waals surface area contributed by atoms with Crippen LogP contribution in [0, 0.1) is 5.82 Å². The number of benzene rings is 2. The molecule has 0 aliphatic rings. The van der Waals surface area contributed by atoms with Crippen molar-refractivity contribution in [1.29, 1.82) is 0 Å². The number of hydrogen-bond donors (Lipinski definition) is 0. The molecule has 2 aromatic carbocycles. The lowest BCUT2D eigenvalue weighted by molar-refractivity contribution is 0.305. The first-order valence-corrected chi connectivity index (χ1v) is 5.13. The Morgan fingerprint density at radius 1 is 1.13 bits per heavy atom. The first kappa shape index (κ1) is 9.97. The molecule has 0 unspecified atom stereocenters. The van der Waals surface area contributed by atoms with Gasteiger partial charge in [0.25, 0.3) is 0 Å². The summed E-state index contributed by atoms with van der Waals surface area (Å²) in [6.07, 6.45) is 0.878. The van der Waals surface area contributed by atoms with Gasteiger partial charge >= 0.3 is 0 Å². The van der Waals surface area contributed by atoms with Crippen molar-refractivity contribution in [3.8, 4) is 5.75 Å². The highest BCUT2D eigenvalue weighted by Gasteiger charge is 2.07. The molecular formula is C13H13FO. The van der Waals surface area contributed by atoms with Gasteiger partial charge in [-0.05, 0) is 17.9 Å². The maximum atomic E-state index is 13.5. The standard InChI is InChI=1S/C13H13FO/c1-2-9-15-13-11-6-4-3-5-10(11)7-8-12(13)14/h3-8H,2,9H2,1H3. The molecule has 0 N–H and O–H groups in total. The van der Waals surface area contributed by atoms with E-state index in [-0.39, 0.29) is 5.82 Å². The van der Waals surface area contributed by atoms with Crippen molar-refractivity contribution in [1.82, 2.24) is 0 Å². The van der Waals surface area contributed by atoms with Gasteiger partial charge < -0.3 is 4.74 Å². The molecule has 0 heterocycles. The number of rotatable bonds is 3. The number of fused-ring (bicyclic) bond motifs is 1. The van der Waals surface area contributed by atoms with E-state index in [9.17, 15) is 4.39 Å². The van der Waals surface area contributed by atoms with E-state index in [1.165, 1.54) is 6.07 Å². The van der Waals surface area contributed by atoms with E-state index in [2.05, 4.69) is 0 Å². The van der Waals surface area contributed by atoms with E-state index in [4.69, 9.17) is 4.74 Å². The zero-order chi connectivity index (χ0) is 10.7. The number of halogens is 1. The fourth-order valence-corrected chi connectivity index (χ4v) is 1.57. The molecule has 0 aliphatic heterocycles. The van der Waals surface area contributed by atoms with Crippen molar-refractivity contribution >= 4 is 10.8 Å². The maximum Gasteiger partial charge on any atom is 0.165 e. The van der Waals surface area contributed by atoms with Crippen molar-refractivity contribution in [3.05, 3.63) is 42.2 Å². The predicted molar refractivity (Wildman–Crippen MR) is 59.7 cm³/mol. The average Bonchev–Trinajstić information content (AvgIpc) is 2.28. The van der Waals surface area contributed by atoms with Crippen LogP contribution < -0.4 is 4.74 Å². The Morgan fingerprint density at radius 2 is 1.93 bits per heavy atom. The Hall–Kier alpha value is -1.57. The molecule has 0 saturated carbocycles. The molecule has 2 aromatic rings. The predicted octanol–water partition coefficient (Wildman–Crippen LogP) is 3.77. The Balaban J connectivity index is 2.53. The lowest BCUT2D eigenvalue weighted by atomic mass is 10.1. The fraction of sp³-hybridized carbons (Fsp3) is 0.231. The quantitative estimate of drug-likeness (QED) is 0.739. The molecule has 0 fully saturated rings. The van der Waals surface area contributed by atoms with E-state index in [0.717, 1.165) is 17.2 Å². The molecule has 0 aromatic heterocycles. The minimum atomic E-state index is -0.290. The smallest absolute Gasteiger partial charge is 0.165 e. The van der Waals surface area contributed by atoms with Crippen LogP contribution in [0.4, 0.5) is 4.39 Å². The van der Waals surface area contributed by atoms with Gasteiger partial charge in [-0.15, -0.1) is 0 Å². The maximum absolute atomic E-state index is 13.5. The van der Waals surface area contributed by atoms with Gasteiger partial charge in [-0.3, -0.25) is 0 Å². The van der Waals surface area contributed by atoms with Crippen LogP contribution in [0.25, 0.3) is 10.8 Å². The normalized spacial score (nSPS) is 10.5. The van der Waals surface area contributed by atoms with Gasteiger partial charge in [0.1, 0.15) is 0 Å². The van der Waals surface area contributed by atoms with Gasteiger partial charge in [0.2, 0.25) is 0 Å². The molecule has 78 valence electrons. The zero-order valence-corrected chi connectivity index (χ0v) is 8.66. The minimum absolute atomic E-state index is 0.290. The Labute approximate surface area is 88.5 Å². The molecule has 0 aliphatic carbocycles. The second-order valence-electron chi connectivity index (χ2n) is 3.45. The number of ether oxygens (including phenoxy) is 1. The zero-order valence-electron chi connectivity index (χ0n) is 8.66. The highest BCUT2D eigenvalue weighted by molar-refractivity contribution is 5.88. The van der Waals surface area contributed by atoms with Crippen LogP contribution in [0.1, 0.15) is 13.3 Å². The van der Waals surface area contributed by atoms with Crippen LogP contribution in [-0.2, 0) is 0 Å². The van der Waals surface area contributed by atoms with Gasteiger partial charge in [-0.1, -0.05) is 37.3 Å². The average molecular weight is 204 g/mol. The summed E-state index contributed by atoms with van der Waals surface area (Å²) in [6, 6.07) is 10.9. The second kappa shape index (κ2) is 4.30. The monoisotopic (exact) mass is 204 g/mol. The van der Waals surface area contributed by atoms with Gasteiger partial charge in [0.05, 0.1) is 6.61 Å². The van der Waals surface area contributed by atoms with Crippen LogP contribution in [0.5, 0.6) is 5.75 Å². The van der Waals surface area contributed by atoms with Crippen molar-refractivity contribution in [2.75, 3.05) is 6.61 Å². The molecule has 15 heavy (non-hydrogen) atoms. The highest BCUT2D eigenvalue weighted by atomic mass is 19.1. The van der Waals surface area contributed by atoms with E-state index in [0.29, 0.717) is 12.4 Å². The molecule has 1 nitrogen and oxygen atoms in total. The van der Waals surface area contributed by atoms with Crippen LogP contribution in [-0.4, -0.2) is 6.61 Å². The summed E-state index contributed by atoms with van der Waals surface area (Å²) < 4.78 is 18.9. The summed E-state index contributed by atoms with van der Waals surface area (Å²) in [5, 5.41) is 1.84. The summed E-state index contributed by atoms with van der Waals surface area (Å²) in [7, 11) is 0. The van der Waals surface area contributed by atoms with Crippen LogP contribution in [0.2, 0.25) is 0 Å². The summed E-state index contributed by atoms with van der Waals surface area (Å²) in [5.74, 6) is 0.0806. The fourth-order valence-electron chi connectivity index (χ4n) is 1.57. The van der Waals surface area contributed by atoms with Crippen molar-refractivity contribution < 1.29 is 9.13 Å². The van der Waals surface area contributed by atoms with E-state index in [1.807, 2.05) is 31.2 Å². The molecule has 2 rings (SSSR count). The summed E-state index contributed by atoms with van der Waals surface area (Å²) >= 11 is 0. The number of hydrogen-bond acceptors (Lipinski definition) is 1. The molecule has 0 atom stereocenters. The summed E-state index contributed by atoms with van der Waals surface area (Å²) in [5.41, 5.74) is 0. The summed E-state index contributed by atoms with van der Waals surface area (Å²) in [4.78, 5) is 0. The Kier molecular flexibility index (Phi) is 2.86. The first-order chi connectivity index (χ1) is 7.33. The molecule has 0 saturated heterocycles. The van der Waals surface area contributed by atoms with Gasteiger partial charge in [-0.2, -0.15) is 0 Å². The SMILES string of the molecule is CCCOc1c(F)ccc2ccccc12. The summed E-state index contributed by atoms with van der Waals surface area (Å²) in [6.45, 7) is 2.55. The van der Waals surface area contributed by atoms with E-state index >= 15 is 0 Å². The van der Waals surface area contributed by atoms with Crippen molar-refractivity contribution in [3.63, 3.8) is 0 Å². The third kappa shape index (κ3) is 1.94. The van der Waals surface area contributed by atoms with Crippen molar-refractivity contribution in [2.24, 2.45) is 0 Å². The molecular weight excluding hydrogens is 191 g/mol. The van der Waals surface area contributed by atoms with Crippen LogP contribution >= 0.6 is 0 Å². The Bertz CT molecular complexity index is 465. The Morgan fingerprint density at radius 3 is 2.73 bits per heavy atom. The first-order valence-electron chi connectivity index (χ1n) is 5.13. The molecule has 0 radical (unpaired) electrons. The molecule has 0 bridgehead atoms. The van der Waals surface area contributed by atoms with Gasteiger partial charge in [0.15, 0.2) is 11.6 Å². The van der Waals surface area contributed by atoms with Gasteiger partial charge in [-0.25, -0.2) is 4.39 Å². The lowest BCUT2D eigenvalue weighted by Crippen LogP contribution is -1.98. The third-order valence-electron chi connectivity index (χ3n) is 2.28. The van der Waals surface area contributed by atoms with Crippen LogP contribution in [0.3, 0.4) is 0 Å². The second-order valence-corrected chi connectivity index (χ2v) is 3.45. The van der Waals surface area contributed by atoms with Crippen molar-refractivity contribution in [2.45, 2.75) is 13.3 Å². The minimum Gasteiger partial charge on any atom is -0.490 e. The largest absolute Gasteiger partial charge is 0.490 e. The van der Waals surface area contributed by atoms with E-state index < -0.39 is 0 Å². The molecule has 0 amide bonds. The topological polar surface area (TPSA) is 9.23 Å². The van der Waals surface area contributed by atoms with Crippen LogP contribution in [0.15, 0.2) is 36.4 Å².